The third-order valence-electron chi connectivity index (χ3n) is 2.98. The molecule has 1 aromatic carbocycles. The van der Waals surface area contributed by atoms with Gasteiger partial charge in [-0.2, -0.15) is 0 Å². The highest BCUT2D eigenvalue weighted by atomic mass is 35.5. The summed E-state index contributed by atoms with van der Waals surface area (Å²) >= 11 is 5.96. The van der Waals surface area contributed by atoms with Crippen molar-refractivity contribution >= 4 is 17.5 Å². The highest BCUT2D eigenvalue weighted by molar-refractivity contribution is 6.30. The first-order chi connectivity index (χ1) is 7.72. The van der Waals surface area contributed by atoms with Crippen molar-refractivity contribution in [3.05, 3.63) is 34.9 Å². The monoisotopic (exact) mass is 238 g/mol. The molecule has 2 N–H and O–H groups in total. The second-order valence-corrected chi connectivity index (χ2v) is 4.44. The van der Waals surface area contributed by atoms with Gasteiger partial charge in [0.25, 0.3) is 0 Å². The molecule has 0 saturated carbocycles. The summed E-state index contributed by atoms with van der Waals surface area (Å²) in [6.45, 7) is 0.879. The van der Waals surface area contributed by atoms with E-state index in [0.717, 1.165) is 24.9 Å². The Morgan fingerprint density at radius 3 is 3.06 bits per heavy atom. The standard InChI is InChI=1S/C12H15ClN2O/c13-10-4-1-3-9(7-10)11-5-2-6-15(11)12(16)8-14/h1,3-4,7,11H,2,5-6,8,14H2. The summed E-state index contributed by atoms with van der Waals surface area (Å²) in [7, 11) is 0. The van der Waals surface area contributed by atoms with Crippen LogP contribution in [0, 0.1) is 0 Å². The lowest BCUT2D eigenvalue weighted by Gasteiger charge is -2.24. The zero-order valence-corrected chi connectivity index (χ0v) is 9.78. The van der Waals surface area contributed by atoms with Crippen LogP contribution >= 0.6 is 11.6 Å². The van der Waals surface area contributed by atoms with Crippen LogP contribution < -0.4 is 5.73 Å². The summed E-state index contributed by atoms with van der Waals surface area (Å²) < 4.78 is 0. The van der Waals surface area contributed by atoms with Crippen LogP contribution in [0.5, 0.6) is 0 Å². The van der Waals surface area contributed by atoms with E-state index in [1.807, 2.05) is 29.2 Å². The van der Waals surface area contributed by atoms with E-state index in [1.165, 1.54) is 0 Å². The van der Waals surface area contributed by atoms with Crippen molar-refractivity contribution in [1.82, 2.24) is 4.90 Å². The van der Waals surface area contributed by atoms with E-state index in [9.17, 15) is 4.79 Å². The van der Waals surface area contributed by atoms with Gasteiger partial charge in [-0.05, 0) is 30.5 Å². The van der Waals surface area contributed by atoms with E-state index in [-0.39, 0.29) is 18.5 Å². The summed E-state index contributed by atoms with van der Waals surface area (Å²) in [5.41, 5.74) is 6.51. The topological polar surface area (TPSA) is 46.3 Å². The Morgan fingerprint density at radius 2 is 2.38 bits per heavy atom. The van der Waals surface area contributed by atoms with Gasteiger partial charge in [-0.15, -0.1) is 0 Å². The van der Waals surface area contributed by atoms with E-state index < -0.39 is 0 Å². The summed E-state index contributed by atoms with van der Waals surface area (Å²) in [4.78, 5) is 13.5. The van der Waals surface area contributed by atoms with E-state index >= 15 is 0 Å². The van der Waals surface area contributed by atoms with Crippen molar-refractivity contribution in [3.8, 4) is 0 Å². The van der Waals surface area contributed by atoms with Gasteiger partial charge in [-0.1, -0.05) is 23.7 Å². The predicted octanol–water partition coefficient (Wildman–Crippen LogP) is 1.96. The first kappa shape index (κ1) is 11.4. The zero-order chi connectivity index (χ0) is 11.5. The zero-order valence-electron chi connectivity index (χ0n) is 9.03. The van der Waals surface area contributed by atoms with Gasteiger partial charge < -0.3 is 10.6 Å². The number of nitrogens with two attached hydrogens (primary N) is 1. The maximum atomic E-state index is 11.7. The SMILES string of the molecule is NCC(=O)N1CCCC1c1cccc(Cl)c1. The van der Waals surface area contributed by atoms with Crippen LogP contribution in [0.25, 0.3) is 0 Å². The maximum Gasteiger partial charge on any atom is 0.236 e. The number of rotatable bonds is 2. The van der Waals surface area contributed by atoms with E-state index in [0.29, 0.717) is 5.02 Å². The number of likely N-dealkylation sites (tertiary alicyclic amines) is 1. The largest absolute Gasteiger partial charge is 0.335 e. The molecule has 0 spiro atoms. The first-order valence-corrected chi connectivity index (χ1v) is 5.85. The minimum absolute atomic E-state index is 0.0162. The van der Waals surface area contributed by atoms with Crippen LogP contribution in [0.3, 0.4) is 0 Å². The molecule has 86 valence electrons. The lowest BCUT2D eigenvalue weighted by molar-refractivity contribution is -0.130. The van der Waals surface area contributed by atoms with Gasteiger partial charge in [0, 0.05) is 11.6 Å². The second kappa shape index (κ2) is 4.85. The number of benzene rings is 1. The van der Waals surface area contributed by atoms with Crippen molar-refractivity contribution in [2.75, 3.05) is 13.1 Å². The molecule has 3 nitrogen and oxygen atoms in total. The van der Waals surface area contributed by atoms with E-state index in [4.69, 9.17) is 17.3 Å². The lowest BCUT2D eigenvalue weighted by atomic mass is 10.0. The van der Waals surface area contributed by atoms with Gasteiger partial charge in [0.15, 0.2) is 0 Å². The summed E-state index contributed by atoms with van der Waals surface area (Å²) in [6.07, 6.45) is 2.02. The Kier molecular flexibility index (Phi) is 3.46. The van der Waals surface area contributed by atoms with Gasteiger partial charge >= 0.3 is 0 Å². The number of hydrogen-bond donors (Lipinski definition) is 1. The Bertz CT molecular complexity index is 394. The van der Waals surface area contributed by atoms with Crippen LogP contribution in [0.2, 0.25) is 5.02 Å². The average Bonchev–Trinajstić information content (AvgIpc) is 2.77. The van der Waals surface area contributed by atoms with Crippen LogP contribution in [0.4, 0.5) is 0 Å². The molecule has 0 aliphatic carbocycles. The minimum Gasteiger partial charge on any atom is -0.335 e. The molecule has 0 bridgehead atoms. The lowest BCUT2D eigenvalue weighted by Crippen LogP contribution is -2.35. The predicted molar refractivity (Wildman–Crippen MR) is 64.2 cm³/mol. The molecule has 1 saturated heterocycles. The van der Waals surface area contributed by atoms with Crippen LogP contribution in [0.15, 0.2) is 24.3 Å². The smallest absolute Gasteiger partial charge is 0.236 e. The molecule has 1 atom stereocenters. The Balaban J connectivity index is 2.23. The van der Waals surface area contributed by atoms with Gasteiger partial charge in [-0.3, -0.25) is 4.79 Å². The van der Waals surface area contributed by atoms with Gasteiger partial charge in [-0.25, -0.2) is 0 Å². The molecule has 1 fully saturated rings. The minimum atomic E-state index is 0.0162. The number of halogens is 1. The molecule has 1 unspecified atom stereocenters. The number of amides is 1. The molecule has 0 aromatic heterocycles. The fourth-order valence-electron chi connectivity index (χ4n) is 2.24. The molecule has 1 aliphatic heterocycles. The molecule has 16 heavy (non-hydrogen) atoms. The highest BCUT2D eigenvalue weighted by Gasteiger charge is 2.28. The van der Waals surface area contributed by atoms with Crippen molar-refractivity contribution in [1.29, 1.82) is 0 Å². The molecule has 1 heterocycles. The number of carbonyl (C=O) groups excluding carboxylic acids is 1. The number of nitrogens with zero attached hydrogens (tertiary/aromatic N) is 1. The molecule has 1 aliphatic rings. The van der Waals surface area contributed by atoms with Gasteiger partial charge in [0.2, 0.25) is 5.91 Å². The second-order valence-electron chi connectivity index (χ2n) is 4.00. The van der Waals surface area contributed by atoms with Gasteiger partial charge in [0.1, 0.15) is 0 Å². The number of carbonyl (C=O) groups is 1. The molecule has 2 rings (SSSR count). The Labute approximate surface area is 100 Å². The average molecular weight is 239 g/mol. The quantitative estimate of drug-likeness (QED) is 0.856. The maximum absolute atomic E-state index is 11.7. The third kappa shape index (κ3) is 2.20. The Hall–Kier alpha value is -1.06. The Morgan fingerprint density at radius 1 is 1.56 bits per heavy atom. The van der Waals surface area contributed by atoms with E-state index in [2.05, 4.69) is 0 Å². The molecular formula is C12H15ClN2O. The fraction of sp³-hybridized carbons (Fsp3) is 0.417. The fourth-order valence-corrected chi connectivity index (χ4v) is 2.44. The van der Waals surface area contributed by atoms with Crippen LogP contribution in [-0.4, -0.2) is 23.9 Å². The first-order valence-electron chi connectivity index (χ1n) is 5.47. The van der Waals surface area contributed by atoms with Crippen molar-refractivity contribution < 1.29 is 4.79 Å². The normalized spacial score (nSPS) is 20.1. The van der Waals surface area contributed by atoms with Gasteiger partial charge in [0.05, 0.1) is 12.6 Å². The highest BCUT2D eigenvalue weighted by Crippen LogP contribution is 2.32. The van der Waals surface area contributed by atoms with Crippen molar-refractivity contribution in [3.63, 3.8) is 0 Å². The number of hydrogen-bond acceptors (Lipinski definition) is 2. The van der Waals surface area contributed by atoms with Crippen molar-refractivity contribution in [2.45, 2.75) is 18.9 Å². The molecule has 0 radical (unpaired) electrons. The molecule has 4 heteroatoms. The molecule has 1 amide bonds. The molecular weight excluding hydrogens is 224 g/mol. The summed E-state index contributed by atoms with van der Waals surface area (Å²) in [5.74, 6) is 0.0162. The summed E-state index contributed by atoms with van der Waals surface area (Å²) in [5, 5.41) is 0.713. The summed E-state index contributed by atoms with van der Waals surface area (Å²) in [6, 6.07) is 7.85. The van der Waals surface area contributed by atoms with Crippen LogP contribution in [0.1, 0.15) is 24.4 Å². The van der Waals surface area contributed by atoms with E-state index in [1.54, 1.807) is 0 Å². The third-order valence-corrected chi connectivity index (χ3v) is 3.22. The molecule has 1 aromatic rings. The van der Waals surface area contributed by atoms with Crippen molar-refractivity contribution in [2.24, 2.45) is 5.73 Å². The van der Waals surface area contributed by atoms with Crippen LogP contribution in [-0.2, 0) is 4.79 Å².